The number of rotatable bonds is 9. The summed E-state index contributed by atoms with van der Waals surface area (Å²) in [5.41, 5.74) is -24.3. The third-order valence-corrected chi connectivity index (χ3v) is 10.2. The molecule has 0 bridgehead atoms. The molecule has 0 fully saturated rings. The van der Waals surface area contributed by atoms with Crippen molar-refractivity contribution in [1.82, 2.24) is 0 Å². The number of nitrogens with zero attached hydrogens (tertiary/aromatic N) is 2. The van der Waals surface area contributed by atoms with Crippen LogP contribution in [0.2, 0.25) is 0 Å². The minimum atomic E-state index is -6.59. The maximum Gasteiger partial charge on any atom is 0.435 e. The van der Waals surface area contributed by atoms with E-state index in [4.69, 9.17) is 0 Å². The highest BCUT2D eigenvalue weighted by Gasteiger charge is 2.73. The molecule has 0 N–H and O–H groups in total. The lowest BCUT2D eigenvalue weighted by molar-refractivity contribution is -0.348. The highest BCUT2D eigenvalue weighted by atomic mass is 19.4. The van der Waals surface area contributed by atoms with Gasteiger partial charge in [0.25, 0.3) is 0 Å². The molecule has 6 aromatic rings. The van der Waals surface area contributed by atoms with Gasteiger partial charge in [-0.05, 0) is 85.3 Å². The maximum atomic E-state index is 16.1. The number of hydrogen-bond acceptors (Lipinski definition) is 2. The molecular weight excluding hydrogens is 981 g/mol. The van der Waals surface area contributed by atoms with Gasteiger partial charge in [-0.25, -0.2) is 48.3 Å². The van der Waals surface area contributed by atoms with Gasteiger partial charge in [-0.3, -0.25) is 0 Å². The summed E-state index contributed by atoms with van der Waals surface area (Å²) in [5, 5.41) is 0. The topological polar surface area (TPSA) is 6.48 Å². The zero-order valence-corrected chi connectivity index (χ0v) is 32.8. The molecule has 1 atom stereocenters. The van der Waals surface area contributed by atoms with Crippen LogP contribution < -0.4 is 9.80 Å². The summed E-state index contributed by atoms with van der Waals surface area (Å²) in [7, 11) is 0. The molecular formula is C43H19F23N2. The fourth-order valence-corrected chi connectivity index (χ4v) is 6.68. The van der Waals surface area contributed by atoms with Gasteiger partial charge in [0.05, 0.1) is 16.7 Å². The highest BCUT2D eigenvalue weighted by molar-refractivity contribution is 5.83. The molecule has 0 saturated heterocycles. The van der Waals surface area contributed by atoms with Crippen molar-refractivity contribution in [3.05, 3.63) is 166 Å². The molecule has 68 heavy (non-hydrogen) atoms. The van der Waals surface area contributed by atoms with Crippen molar-refractivity contribution in [3.8, 4) is 11.1 Å². The quantitative estimate of drug-likeness (QED) is 0.0809. The van der Waals surface area contributed by atoms with Crippen molar-refractivity contribution in [3.63, 3.8) is 0 Å². The highest BCUT2D eigenvalue weighted by Crippen LogP contribution is 2.54. The molecule has 0 aliphatic carbocycles. The third kappa shape index (κ3) is 8.47. The van der Waals surface area contributed by atoms with Crippen molar-refractivity contribution >= 4 is 34.1 Å². The normalized spacial score (nSPS) is 13.7. The van der Waals surface area contributed by atoms with Crippen molar-refractivity contribution < 1.29 is 101 Å². The second-order valence-corrected chi connectivity index (χ2v) is 14.4. The zero-order valence-electron chi connectivity index (χ0n) is 32.8. The summed E-state index contributed by atoms with van der Waals surface area (Å²) >= 11 is 0. The van der Waals surface area contributed by atoms with Gasteiger partial charge in [-0.1, -0.05) is 24.3 Å². The van der Waals surface area contributed by atoms with E-state index in [1.807, 2.05) is 0 Å². The van der Waals surface area contributed by atoms with Gasteiger partial charge in [0.2, 0.25) is 11.5 Å². The van der Waals surface area contributed by atoms with Crippen molar-refractivity contribution in [2.75, 3.05) is 9.80 Å². The second-order valence-electron chi connectivity index (χ2n) is 14.4. The smallest absolute Gasteiger partial charge is 0.311 e. The minimum Gasteiger partial charge on any atom is -0.311 e. The molecule has 0 saturated carbocycles. The average Bonchev–Trinajstić information content (AvgIpc) is 3.26. The second kappa shape index (κ2) is 17.1. The Kier molecular flexibility index (Phi) is 12.8. The van der Waals surface area contributed by atoms with Crippen LogP contribution in [0.5, 0.6) is 0 Å². The van der Waals surface area contributed by atoms with Crippen molar-refractivity contribution in [1.29, 1.82) is 0 Å². The molecule has 0 aliphatic heterocycles. The van der Waals surface area contributed by atoms with E-state index in [-0.39, 0.29) is 36.1 Å². The molecule has 1 unspecified atom stereocenters. The van der Waals surface area contributed by atoms with Crippen LogP contribution >= 0.6 is 0 Å². The molecule has 0 spiro atoms. The Morgan fingerprint density at radius 2 is 0.559 bits per heavy atom. The van der Waals surface area contributed by atoms with E-state index in [0.29, 0.717) is 48.5 Å². The molecule has 0 heterocycles. The molecule has 2 nitrogen and oxygen atoms in total. The molecule has 0 aliphatic rings. The average molecular weight is 1000 g/mol. The number of hydrogen-bond donors (Lipinski definition) is 0. The summed E-state index contributed by atoms with van der Waals surface area (Å²) in [6.45, 7) is 0.125. The van der Waals surface area contributed by atoms with Gasteiger partial charge in [0.1, 0.15) is 5.69 Å². The van der Waals surface area contributed by atoms with Crippen LogP contribution in [0.4, 0.5) is 135 Å². The molecule has 6 rings (SSSR count). The Labute approximate surface area is 365 Å². The van der Waals surface area contributed by atoms with Crippen LogP contribution in [0.15, 0.2) is 97.1 Å². The van der Waals surface area contributed by atoms with Gasteiger partial charge >= 0.3 is 30.4 Å². The Hall–Kier alpha value is -6.69. The fraction of sp³-hybridized carbons (Fsp3) is 0.163. The summed E-state index contributed by atoms with van der Waals surface area (Å²) in [5.74, 6) is -25.4. The lowest BCUT2D eigenvalue weighted by atomic mass is 9.93. The minimum absolute atomic E-state index is 0.0193. The monoisotopic (exact) mass is 1000 g/mol. The van der Waals surface area contributed by atoms with Crippen LogP contribution in [-0.4, -0.2) is 18.5 Å². The van der Waals surface area contributed by atoms with Crippen molar-refractivity contribution in [2.45, 2.75) is 43.0 Å². The van der Waals surface area contributed by atoms with Crippen LogP contribution in [0.25, 0.3) is 11.1 Å². The van der Waals surface area contributed by atoms with Crippen LogP contribution in [0, 0.1) is 52.4 Å². The SMILES string of the molecule is CC(F)(c1ccc(N(c2ccc(N(c3ccc(C(F)(F)F)cc3)c3c(F)c(F)c(-c4c(F)c(F)c(F)c(F)c4F)c(F)c3F)cc2)c2ccc(C(F)(C(F)(F)F)C(F)(F)F)cc2)cc1)C(F)(F)F. The number of benzene rings is 6. The molecule has 6 aromatic carbocycles. The van der Waals surface area contributed by atoms with Gasteiger partial charge < -0.3 is 9.80 Å². The van der Waals surface area contributed by atoms with Crippen LogP contribution in [0.3, 0.4) is 0 Å². The molecule has 362 valence electrons. The first-order valence-corrected chi connectivity index (χ1v) is 18.2. The fourth-order valence-electron chi connectivity index (χ4n) is 6.68. The summed E-state index contributed by atoms with van der Waals surface area (Å²) < 4.78 is 327. The Bertz CT molecular complexity index is 2770. The summed E-state index contributed by atoms with van der Waals surface area (Å²) in [6, 6.07) is 8.06. The van der Waals surface area contributed by atoms with Gasteiger partial charge in [-0.2, -0.15) is 52.7 Å². The number of halogens is 23. The van der Waals surface area contributed by atoms with E-state index in [2.05, 4.69) is 0 Å². The first-order chi connectivity index (χ1) is 31.2. The van der Waals surface area contributed by atoms with Gasteiger partial charge in [0.15, 0.2) is 46.5 Å². The van der Waals surface area contributed by atoms with E-state index in [9.17, 15) is 83.4 Å². The Morgan fingerprint density at radius 1 is 0.294 bits per heavy atom. The maximum absolute atomic E-state index is 16.1. The van der Waals surface area contributed by atoms with E-state index >= 15 is 17.6 Å². The van der Waals surface area contributed by atoms with E-state index in [1.54, 1.807) is 0 Å². The Balaban J connectivity index is 1.57. The van der Waals surface area contributed by atoms with E-state index in [0.717, 1.165) is 29.2 Å². The lowest BCUT2D eigenvalue weighted by Crippen LogP contribution is -2.50. The summed E-state index contributed by atoms with van der Waals surface area (Å²) in [6.07, 6.45) is -23.8. The number of alkyl halides is 14. The molecule has 25 heteroatoms. The molecule has 0 amide bonds. The molecule has 0 radical (unpaired) electrons. The van der Waals surface area contributed by atoms with E-state index in [1.165, 1.54) is 0 Å². The van der Waals surface area contributed by atoms with Crippen LogP contribution in [-0.2, 0) is 17.5 Å². The van der Waals surface area contributed by atoms with Gasteiger partial charge in [0, 0.05) is 34.0 Å². The Morgan fingerprint density at radius 3 is 0.868 bits per heavy atom. The first kappa shape index (κ1) is 50.7. The standard InChI is InChI=1S/C43H19F23N2/c1-38(53,41(58,59)60)18-2-8-21(9-3-18)67(22-10-4-19(5-11-22)39(54,42(61,62)63)43(64,65)66)23-14-16-25(17-15-23)68(24-12-6-20(7-13-24)40(55,56)57)37-35(51)30(46)27(31(47)36(37)52)26-28(44)32(48)34(50)33(49)29(26)45/h2-17H,1H3. The summed E-state index contributed by atoms with van der Waals surface area (Å²) in [4.78, 5) is 0.911. The predicted molar refractivity (Wildman–Crippen MR) is 195 cm³/mol. The molecule has 0 aromatic heterocycles. The third-order valence-electron chi connectivity index (χ3n) is 10.2. The number of anilines is 6. The van der Waals surface area contributed by atoms with Crippen molar-refractivity contribution in [2.24, 2.45) is 0 Å². The predicted octanol–water partition coefficient (Wildman–Crippen LogP) is 16.6. The van der Waals surface area contributed by atoms with Crippen LogP contribution in [0.1, 0.15) is 23.6 Å². The largest absolute Gasteiger partial charge is 0.435 e. The first-order valence-electron chi connectivity index (χ1n) is 18.2. The van der Waals surface area contributed by atoms with Gasteiger partial charge in [-0.15, -0.1) is 0 Å². The van der Waals surface area contributed by atoms with E-state index < -0.39 is 150 Å². The lowest BCUT2D eigenvalue weighted by Gasteiger charge is -2.31. The zero-order chi connectivity index (χ0) is 51.0.